The Labute approximate surface area is 184 Å². The van der Waals surface area contributed by atoms with E-state index in [0.717, 1.165) is 15.3 Å². The van der Waals surface area contributed by atoms with Crippen molar-refractivity contribution in [1.29, 1.82) is 0 Å². The maximum absolute atomic E-state index is 12.9. The van der Waals surface area contributed by atoms with Gasteiger partial charge in [-0.05, 0) is 36.8 Å². The van der Waals surface area contributed by atoms with Gasteiger partial charge in [0.1, 0.15) is 18.5 Å². The van der Waals surface area contributed by atoms with Crippen LogP contribution in [0, 0.1) is 0 Å². The molecule has 4 rings (SSSR count). The van der Waals surface area contributed by atoms with Gasteiger partial charge in [-0.2, -0.15) is 4.98 Å². The molecule has 0 aliphatic rings. The lowest BCUT2D eigenvalue weighted by Gasteiger charge is -2.17. The van der Waals surface area contributed by atoms with Gasteiger partial charge in [0.15, 0.2) is 11.2 Å². The minimum Gasteiger partial charge on any atom is -0.491 e. The van der Waals surface area contributed by atoms with Gasteiger partial charge in [-0.1, -0.05) is 30.3 Å². The summed E-state index contributed by atoms with van der Waals surface area (Å²) >= 11 is 0. The zero-order chi connectivity index (χ0) is 23.0. The first-order valence-corrected chi connectivity index (χ1v) is 10.5. The van der Waals surface area contributed by atoms with Crippen molar-refractivity contribution in [3.63, 3.8) is 0 Å². The molecule has 9 heteroatoms. The molecule has 0 saturated heterocycles. The normalized spacial score (nSPS) is 12.6. The molecule has 9 nitrogen and oxygen atoms in total. The summed E-state index contributed by atoms with van der Waals surface area (Å²) in [6.07, 6.45) is -0.909. The van der Waals surface area contributed by atoms with Crippen LogP contribution in [0.15, 0.2) is 52.1 Å². The van der Waals surface area contributed by atoms with Crippen LogP contribution in [0.1, 0.15) is 13.8 Å². The van der Waals surface area contributed by atoms with Gasteiger partial charge in [-0.3, -0.25) is 13.9 Å². The van der Waals surface area contributed by atoms with Gasteiger partial charge in [0.2, 0.25) is 5.95 Å². The molecule has 0 unspecified atom stereocenters. The van der Waals surface area contributed by atoms with Crippen molar-refractivity contribution in [3.05, 3.63) is 63.3 Å². The maximum Gasteiger partial charge on any atom is 0.332 e. The fraction of sp³-hybridized carbons (Fsp3) is 0.348. The fourth-order valence-electron chi connectivity index (χ4n) is 3.71. The SMILES string of the molecule is CC(C)Nc1nc2c(c(=O)n(C)c(=O)n2C)n1C[C@H](O)COc1ccc2ccccc2c1. The Bertz CT molecular complexity index is 1400. The molecule has 0 saturated carbocycles. The van der Waals surface area contributed by atoms with Gasteiger partial charge in [-0.15, -0.1) is 0 Å². The smallest absolute Gasteiger partial charge is 0.332 e. The van der Waals surface area contributed by atoms with Crippen molar-refractivity contribution in [3.8, 4) is 5.75 Å². The van der Waals surface area contributed by atoms with Gasteiger partial charge in [0.25, 0.3) is 5.56 Å². The van der Waals surface area contributed by atoms with E-state index < -0.39 is 17.4 Å². The van der Waals surface area contributed by atoms with Crippen molar-refractivity contribution < 1.29 is 9.84 Å². The van der Waals surface area contributed by atoms with Crippen LogP contribution >= 0.6 is 0 Å². The first kappa shape index (κ1) is 21.6. The molecule has 32 heavy (non-hydrogen) atoms. The number of fused-ring (bicyclic) bond motifs is 2. The van der Waals surface area contributed by atoms with Crippen molar-refractivity contribution >= 4 is 27.9 Å². The monoisotopic (exact) mass is 437 g/mol. The molecular formula is C23H27N5O4. The predicted molar refractivity (Wildman–Crippen MR) is 124 cm³/mol. The van der Waals surface area contributed by atoms with Crippen LogP contribution in [0.2, 0.25) is 0 Å². The molecule has 2 N–H and O–H groups in total. The number of anilines is 1. The average Bonchev–Trinajstić information content (AvgIpc) is 3.11. The van der Waals surface area contributed by atoms with E-state index >= 15 is 0 Å². The van der Waals surface area contributed by atoms with Crippen LogP contribution < -0.4 is 21.3 Å². The third-order valence-corrected chi connectivity index (χ3v) is 5.32. The van der Waals surface area contributed by atoms with E-state index in [1.54, 1.807) is 11.6 Å². The summed E-state index contributed by atoms with van der Waals surface area (Å²) in [5.74, 6) is 1.06. The van der Waals surface area contributed by atoms with Crippen molar-refractivity contribution in [2.75, 3.05) is 11.9 Å². The van der Waals surface area contributed by atoms with Gasteiger partial charge in [0.05, 0.1) is 6.54 Å². The van der Waals surface area contributed by atoms with Gasteiger partial charge >= 0.3 is 5.69 Å². The average molecular weight is 438 g/mol. The zero-order valence-electron chi connectivity index (χ0n) is 18.6. The van der Waals surface area contributed by atoms with Gasteiger partial charge in [-0.25, -0.2) is 4.79 Å². The van der Waals surface area contributed by atoms with E-state index in [1.807, 2.05) is 56.3 Å². The molecule has 0 amide bonds. The summed E-state index contributed by atoms with van der Waals surface area (Å²) in [5, 5.41) is 16.1. The third kappa shape index (κ3) is 3.99. The fourth-order valence-corrected chi connectivity index (χ4v) is 3.71. The van der Waals surface area contributed by atoms with Crippen molar-refractivity contribution in [2.24, 2.45) is 14.1 Å². The first-order chi connectivity index (χ1) is 15.3. The van der Waals surface area contributed by atoms with E-state index in [1.165, 1.54) is 11.6 Å². The number of benzene rings is 2. The summed E-state index contributed by atoms with van der Waals surface area (Å²) in [7, 11) is 3.00. The molecule has 0 radical (unpaired) electrons. The van der Waals surface area contributed by atoms with Crippen molar-refractivity contribution in [2.45, 2.75) is 32.5 Å². The standard InChI is InChI=1S/C23H27N5O4/c1-14(2)24-22-25-20-19(21(30)27(4)23(31)26(20)3)28(22)12-17(29)13-32-18-10-9-15-7-5-6-8-16(15)11-18/h5-11,14,17,29H,12-13H2,1-4H3,(H,24,25)/t17-/m0/s1. The van der Waals surface area contributed by atoms with Crippen LogP contribution in [0.4, 0.5) is 5.95 Å². The maximum atomic E-state index is 12.9. The Kier molecular flexibility index (Phi) is 5.75. The molecular weight excluding hydrogens is 410 g/mol. The largest absolute Gasteiger partial charge is 0.491 e. The summed E-state index contributed by atoms with van der Waals surface area (Å²) in [6.45, 7) is 4.00. The third-order valence-electron chi connectivity index (χ3n) is 5.32. The highest BCUT2D eigenvalue weighted by atomic mass is 16.5. The Morgan fingerprint density at radius 3 is 2.50 bits per heavy atom. The number of rotatable bonds is 7. The van der Waals surface area contributed by atoms with E-state index in [0.29, 0.717) is 11.7 Å². The van der Waals surface area contributed by atoms with Crippen LogP contribution in [-0.4, -0.2) is 42.5 Å². The lowest BCUT2D eigenvalue weighted by Crippen LogP contribution is -2.38. The Morgan fingerprint density at radius 2 is 1.78 bits per heavy atom. The molecule has 2 aromatic carbocycles. The number of hydrogen-bond acceptors (Lipinski definition) is 6. The highest BCUT2D eigenvalue weighted by Gasteiger charge is 2.21. The lowest BCUT2D eigenvalue weighted by atomic mass is 10.1. The second-order valence-electron chi connectivity index (χ2n) is 8.20. The number of imidazole rings is 1. The van der Waals surface area contributed by atoms with E-state index in [2.05, 4.69) is 10.3 Å². The topological polar surface area (TPSA) is 103 Å². The van der Waals surface area contributed by atoms with Crippen LogP contribution in [0.5, 0.6) is 5.75 Å². The number of ether oxygens (including phenoxy) is 1. The number of aliphatic hydroxyl groups excluding tert-OH is 1. The Balaban J connectivity index is 1.63. The Hall–Kier alpha value is -3.59. The van der Waals surface area contributed by atoms with Gasteiger partial charge < -0.3 is 19.7 Å². The second kappa shape index (κ2) is 8.51. The van der Waals surface area contributed by atoms with Crippen LogP contribution in [0.25, 0.3) is 21.9 Å². The van der Waals surface area contributed by atoms with Gasteiger partial charge in [0, 0.05) is 20.1 Å². The molecule has 2 heterocycles. The number of aryl methyl sites for hydroxylation is 1. The van der Waals surface area contributed by atoms with E-state index in [-0.39, 0.29) is 30.4 Å². The second-order valence-corrected chi connectivity index (χ2v) is 8.20. The molecule has 0 fully saturated rings. The van der Waals surface area contributed by atoms with Crippen molar-refractivity contribution in [1.82, 2.24) is 18.7 Å². The minimum atomic E-state index is -0.909. The quantitative estimate of drug-likeness (QED) is 0.457. The molecule has 0 spiro atoms. The molecule has 0 bridgehead atoms. The van der Waals surface area contributed by atoms with E-state index in [9.17, 15) is 14.7 Å². The first-order valence-electron chi connectivity index (χ1n) is 10.5. The molecule has 0 aliphatic carbocycles. The van der Waals surface area contributed by atoms with E-state index in [4.69, 9.17) is 4.74 Å². The number of aromatic nitrogens is 4. The summed E-state index contributed by atoms with van der Waals surface area (Å²) in [6, 6.07) is 13.8. The number of hydrogen-bond donors (Lipinski definition) is 2. The molecule has 2 aromatic heterocycles. The van der Waals surface area contributed by atoms with Crippen LogP contribution in [-0.2, 0) is 20.6 Å². The molecule has 1 atom stereocenters. The number of aliphatic hydroxyl groups is 1. The molecule has 168 valence electrons. The highest BCUT2D eigenvalue weighted by molar-refractivity contribution is 5.83. The number of nitrogens with zero attached hydrogens (tertiary/aromatic N) is 4. The summed E-state index contributed by atoms with van der Waals surface area (Å²) in [5.41, 5.74) is -0.398. The summed E-state index contributed by atoms with van der Waals surface area (Å²) < 4.78 is 9.80. The highest BCUT2D eigenvalue weighted by Crippen LogP contribution is 2.21. The molecule has 4 aromatic rings. The zero-order valence-corrected chi connectivity index (χ0v) is 18.6. The van der Waals surface area contributed by atoms with Crippen LogP contribution in [0.3, 0.4) is 0 Å². The molecule has 0 aliphatic heterocycles. The lowest BCUT2D eigenvalue weighted by molar-refractivity contribution is 0.0938. The Morgan fingerprint density at radius 1 is 1.06 bits per heavy atom. The number of nitrogens with one attached hydrogen (secondary N) is 1. The summed E-state index contributed by atoms with van der Waals surface area (Å²) in [4.78, 5) is 29.6. The predicted octanol–water partition coefficient (Wildman–Crippen LogP) is 1.85. The minimum absolute atomic E-state index is 0.0329.